The summed E-state index contributed by atoms with van der Waals surface area (Å²) in [4.78, 5) is 12.7. The maximum Gasteiger partial charge on any atom is 0.416 e. The highest BCUT2D eigenvalue weighted by Crippen LogP contribution is 2.34. The van der Waals surface area contributed by atoms with Crippen LogP contribution in [0.15, 0.2) is 77.7 Å². The van der Waals surface area contributed by atoms with Crippen molar-refractivity contribution in [1.29, 1.82) is 0 Å². The van der Waals surface area contributed by atoms with Crippen LogP contribution in [0.25, 0.3) is 0 Å². The molecule has 3 rings (SSSR count). The first-order valence-electron chi connectivity index (χ1n) is 9.74. The normalized spacial score (nSPS) is 12.1. The van der Waals surface area contributed by atoms with Gasteiger partial charge >= 0.3 is 6.18 Å². The van der Waals surface area contributed by atoms with Crippen LogP contribution in [0.4, 0.5) is 18.9 Å². The molecule has 174 valence electrons. The molecule has 5 nitrogen and oxygen atoms in total. The lowest BCUT2D eigenvalue weighted by Gasteiger charge is -2.22. The maximum absolute atomic E-state index is 13.3. The number of nitrogens with zero attached hydrogens (tertiary/aromatic N) is 1. The second-order valence-electron chi connectivity index (χ2n) is 7.31. The summed E-state index contributed by atoms with van der Waals surface area (Å²) in [5.74, 6) is -0.831. The van der Waals surface area contributed by atoms with Gasteiger partial charge in [0.1, 0.15) is 0 Å². The van der Waals surface area contributed by atoms with Gasteiger partial charge in [0.15, 0.2) is 0 Å². The summed E-state index contributed by atoms with van der Waals surface area (Å²) in [6, 6.07) is 17.3. The van der Waals surface area contributed by atoms with Gasteiger partial charge in [-0.15, -0.1) is 0 Å². The van der Waals surface area contributed by atoms with Crippen molar-refractivity contribution in [2.45, 2.75) is 24.5 Å². The zero-order chi connectivity index (χ0) is 24.2. The molecule has 0 unspecified atom stereocenters. The number of carbonyl (C=O) groups is 1. The number of aryl methyl sites for hydroxylation is 1. The summed E-state index contributed by atoms with van der Waals surface area (Å²) in [6.45, 7) is 1.07. The van der Waals surface area contributed by atoms with Gasteiger partial charge in [0.25, 0.3) is 0 Å². The van der Waals surface area contributed by atoms with E-state index in [9.17, 15) is 26.4 Å². The van der Waals surface area contributed by atoms with Crippen molar-refractivity contribution in [2.75, 3.05) is 11.9 Å². The Morgan fingerprint density at radius 1 is 1.00 bits per heavy atom. The van der Waals surface area contributed by atoms with Crippen LogP contribution in [-0.4, -0.2) is 25.2 Å². The van der Waals surface area contributed by atoms with Gasteiger partial charge in [-0.2, -0.15) is 17.5 Å². The van der Waals surface area contributed by atoms with Crippen molar-refractivity contribution in [1.82, 2.24) is 4.31 Å². The van der Waals surface area contributed by atoms with E-state index in [0.717, 1.165) is 22.0 Å². The lowest BCUT2D eigenvalue weighted by atomic mass is 10.2. The van der Waals surface area contributed by atoms with E-state index in [2.05, 4.69) is 5.32 Å². The van der Waals surface area contributed by atoms with Gasteiger partial charge in [-0.25, -0.2) is 8.42 Å². The van der Waals surface area contributed by atoms with Crippen LogP contribution in [0, 0.1) is 6.92 Å². The Balaban J connectivity index is 1.89. The van der Waals surface area contributed by atoms with Crippen LogP contribution >= 0.6 is 11.6 Å². The topological polar surface area (TPSA) is 66.5 Å². The fourth-order valence-electron chi connectivity index (χ4n) is 3.02. The number of halogens is 4. The Morgan fingerprint density at radius 2 is 1.64 bits per heavy atom. The molecule has 1 amide bonds. The number of carbonyl (C=O) groups excluding carboxylic acids is 1. The summed E-state index contributed by atoms with van der Waals surface area (Å²) in [6.07, 6.45) is -4.63. The molecule has 10 heteroatoms. The third kappa shape index (κ3) is 6.34. The van der Waals surface area contributed by atoms with Gasteiger partial charge in [0.05, 0.1) is 27.7 Å². The van der Waals surface area contributed by atoms with Crippen molar-refractivity contribution in [2.24, 2.45) is 0 Å². The quantitative estimate of drug-likeness (QED) is 0.470. The minimum Gasteiger partial charge on any atom is -0.324 e. The number of alkyl halides is 3. The van der Waals surface area contributed by atoms with E-state index in [0.29, 0.717) is 11.6 Å². The molecule has 0 heterocycles. The van der Waals surface area contributed by atoms with Crippen LogP contribution < -0.4 is 5.32 Å². The van der Waals surface area contributed by atoms with Gasteiger partial charge < -0.3 is 5.32 Å². The molecular weight excluding hydrogens is 477 g/mol. The largest absolute Gasteiger partial charge is 0.416 e. The number of sulfonamides is 1. The standard InChI is InChI=1S/C23H20ClF3N2O3S/c1-16-7-10-19(11-8-16)33(31,32)29(14-17-5-3-2-4-6-17)15-22(30)28-21-13-18(23(25,26)27)9-12-20(21)24/h2-13H,14-15H2,1H3,(H,28,30). The lowest BCUT2D eigenvalue weighted by molar-refractivity contribution is -0.137. The molecule has 0 radical (unpaired) electrons. The van der Waals surface area contributed by atoms with Gasteiger partial charge in [-0.1, -0.05) is 59.6 Å². The van der Waals surface area contributed by atoms with Crippen molar-refractivity contribution in [3.63, 3.8) is 0 Å². The highest BCUT2D eigenvalue weighted by Gasteiger charge is 2.31. The van der Waals surface area contributed by atoms with Crippen LogP contribution in [-0.2, 0) is 27.5 Å². The van der Waals surface area contributed by atoms with Crippen LogP contribution in [0.5, 0.6) is 0 Å². The van der Waals surface area contributed by atoms with Crippen LogP contribution in [0.1, 0.15) is 16.7 Å². The lowest BCUT2D eigenvalue weighted by Crippen LogP contribution is -2.37. The molecule has 3 aromatic carbocycles. The number of rotatable bonds is 7. The number of nitrogens with one attached hydrogen (secondary N) is 1. The second-order valence-corrected chi connectivity index (χ2v) is 9.66. The first kappa shape index (κ1) is 24.8. The van der Waals surface area contributed by atoms with E-state index < -0.39 is 34.2 Å². The third-order valence-electron chi connectivity index (χ3n) is 4.75. The van der Waals surface area contributed by atoms with Crippen molar-refractivity contribution in [3.05, 3.63) is 94.5 Å². The Kier molecular flexibility index (Phi) is 7.46. The molecule has 3 aromatic rings. The third-order valence-corrected chi connectivity index (χ3v) is 6.88. The number of anilines is 1. The number of benzene rings is 3. The molecule has 0 saturated heterocycles. The average molecular weight is 497 g/mol. The van der Waals surface area contributed by atoms with E-state index in [-0.39, 0.29) is 22.2 Å². The van der Waals surface area contributed by atoms with E-state index in [4.69, 9.17) is 11.6 Å². The van der Waals surface area contributed by atoms with E-state index in [1.807, 2.05) is 6.92 Å². The Morgan fingerprint density at radius 3 is 2.24 bits per heavy atom. The maximum atomic E-state index is 13.3. The highest BCUT2D eigenvalue weighted by atomic mass is 35.5. The Labute approximate surface area is 194 Å². The average Bonchev–Trinajstić information content (AvgIpc) is 2.75. The zero-order valence-corrected chi connectivity index (χ0v) is 19.0. The van der Waals surface area contributed by atoms with Crippen molar-refractivity contribution in [3.8, 4) is 0 Å². The molecular formula is C23H20ClF3N2O3S. The summed E-state index contributed by atoms with van der Waals surface area (Å²) in [5, 5.41) is 2.19. The van der Waals surface area contributed by atoms with E-state index >= 15 is 0 Å². The number of hydrogen-bond donors (Lipinski definition) is 1. The SMILES string of the molecule is Cc1ccc(S(=O)(=O)N(CC(=O)Nc2cc(C(F)(F)F)ccc2Cl)Cc2ccccc2)cc1. The molecule has 0 spiro atoms. The molecule has 0 atom stereocenters. The fourth-order valence-corrected chi connectivity index (χ4v) is 4.57. The summed E-state index contributed by atoms with van der Waals surface area (Å²) in [7, 11) is -4.09. The number of hydrogen-bond acceptors (Lipinski definition) is 3. The predicted molar refractivity (Wildman–Crippen MR) is 120 cm³/mol. The molecule has 0 bridgehead atoms. The first-order chi connectivity index (χ1) is 15.5. The zero-order valence-electron chi connectivity index (χ0n) is 17.4. The van der Waals surface area contributed by atoms with Gasteiger partial charge in [0.2, 0.25) is 15.9 Å². The fraction of sp³-hybridized carbons (Fsp3) is 0.174. The molecule has 0 aliphatic heterocycles. The first-order valence-corrected chi connectivity index (χ1v) is 11.6. The number of amides is 1. The predicted octanol–water partition coefficient (Wildman–Crippen LogP) is 5.50. The van der Waals surface area contributed by atoms with Crippen LogP contribution in [0.2, 0.25) is 5.02 Å². The summed E-state index contributed by atoms with van der Waals surface area (Å²) in [5.41, 5.74) is 0.248. The van der Waals surface area contributed by atoms with Crippen LogP contribution in [0.3, 0.4) is 0 Å². The Bertz CT molecular complexity index is 1230. The smallest absolute Gasteiger partial charge is 0.324 e. The molecule has 0 aromatic heterocycles. The van der Waals surface area contributed by atoms with Gasteiger partial charge in [-0.05, 0) is 42.8 Å². The molecule has 0 fully saturated rings. The van der Waals surface area contributed by atoms with Crippen molar-refractivity contribution >= 4 is 33.2 Å². The van der Waals surface area contributed by atoms with Gasteiger partial charge in [-0.3, -0.25) is 4.79 Å². The molecule has 1 N–H and O–H groups in total. The van der Waals surface area contributed by atoms with Gasteiger partial charge in [0, 0.05) is 6.54 Å². The minimum absolute atomic E-state index is 0.00562. The van der Waals surface area contributed by atoms with E-state index in [1.54, 1.807) is 42.5 Å². The molecule has 0 aliphatic carbocycles. The minimum atomic E-state index is -4.63. The molecule has 0 aliphatic rings. The van der Waals surface area contributed by atoms with Crippen molar-refractivity contribution < 1.29 is 26.4 Å². The summed E-state index contributed by atoms with van der Waals surface area (Å²) < 4.78 is 66.5. The highest BCUT2D eigenvalue weighted by molar-refractivity contribution is 7.89. The molecule has 33 heavy (non-hydrogen) atoms. The second kappa shape index (κ2) is 9.94. The Hall–Kier alpha value is -2.88. The molecule has 0 saturated carbocycles. The van der Waals surface area contributed by atoms with E-state index in [1.165, 1.54) is 12.1 Å². The summed E-state index contributed by atoms with van der Waals surface area (Å²) >= 11 is 5.94. The monoisotopic (exact) mass is 496 g/mol.